The predicted molar refractivity (Wildman–Crippen MR) is 62.6 cm³/mol. The molecule has 0 saturated heterocycles. The first-order valence-corrected chi connectivity index (χ1v) is 6.12. The van der Waals surface area contributed by atoms with Crippen LogP contribution < -0.4 is 0 Å². The van der Waals surface area contributed by atoms with E-state index < -0.39 is 6.10 Å². The summed E-state index contributed by atoms with van der Waals surface area (Å²) < 4.78 is 13.6. The molecule has 16 heavy (non-hydrogen) atoms. The first-order chi connectivity index (χ1) is 7.69. The Balaban J connectivity index is 2.30. The maximum Gasteiger partial charge on any atom is 0.129 e. The molecule has 0 heterocycles. The lowest BCUT2D eigenvalue weighted by molar-refractivity contribution is 0.0211. The Morgan fingerprint density at radius 1 is 1.31 bits per heavy atom. The van der Waals surface area contributed by atoms with Gasteiger partial charge in [0.25, 0.3) is 0 Å². The van der Waals surface area contributed by atoms with Crippen LogP contribution in [0.15, 0.2) is 24.3 Å². The summed E-state index contributed by atoms with van der Waals surface area (Å²) >= 11 is 0. The van der Waals surface area contributed by atoms with E-state index in [2.05, 4.69) is 6.92 Å². The van der Waals surface area contributed by atoms with Gasteiger partial charge in [0.15, 0.2) is 0 Å². The maximum absolute atomic E-state index is 13.6. The topological polar surface area (TPSA) is 20.2 Å². The summed E-state index contributed by atoms with van der Waals surface area (Å²) in [4.78, 5) is 0. The van der Waals surface area contributed by atoms with Gasteiger partial charge in [-0.25, -0.2) is 4.39 Å². The minimum absolute atomic E-state index is 0.0950. The van der Waals surface area contributed by atoms with Crippen molar-refractivity contribution in [1.29, 1.82) is 0 Å². The molecule has 1 unspecified atom stereocenters. The van der Waals surface area contributed by atoms with Crippen LogP contribution in [-0.4, -0.2) is 5.11 Å². The van der Waals surface area contributed by atoms with Gasteiger partial charge in [0, 0.05) is 11.0 Å². The smallest absolute Gasteiger partial charge is 0.129 e. The van der Waals surface area contributed by atoms with E-state index in [1.165, 1.54) is 6.07 Å². The van der Waals surface area contributed by atoms with Gasteiger partial charge < -0.3 is 5.11 Å². The van der Waals surface area contributed by atoms with Crippen LogP contribution in [0.25, 0.3) is 0 Å². The number of rotatable bonds is 3. The Morgan fingerprint density at radius 3 is 2.50 bits per heavy atom. The zero-order chi connectivity index (χ0) is 11.6. The molecule has 1 atom stereocenters. The first-order valence-electron chi connectivity index (χ1n) is 6.12. The molecule has 2 rings (SSSR count). The second-order valence-electron chi connectivity index (χ2n) is 4.85. The summed E-state index contributed by atoms with van der Waals surface area (Å²) in [6, 6.07) is 6.59. The minimum atomic E-state index is -0.652. The van der Waals surface area contributed by atoms with Crippen molar-refractivity contribution in [3.63, 3.8) is 0 Å². The van der Waals surface area contributed by atoms with Gasteiger partial charge >= 0.3 is 0 Å². The van der Waals surface area contributed by atoms with Gasteiger partial charge in [-0.15, -0.1) is 0 Å². The molecule has 0 amide bonds. The van der Waals surface area contributed by atoms with E-state index in [4.69, 9.17) is 0 Å². The van der Waals surface area contributed by atoms with Crippen molar-refractivity contribution in [2.24, 2.45) is 5.41 Å². The third-order valence-corrected chi connectivity index (χ3v) is 4.08. The summed E-state index contributed by atoms with van der Waals surface area (Å²) in [5, 5.41) is 10.4. The average Bonchev–Trinajstić information content (AvgIpc) is 2.78. The van der Waals surface area contributed by atoms with E-state index in [0.717, 1.165) is 32.1 Å². The van der Waals surface area contributed by atoms with Crippen molar-refractivity contribution in [3.05, 3.63) is 35.6 Å². The van der Waals surface area contributed by atoms with E-state index in [0.29, 0.717) is 5.56 Å². The van der Waals surface area contributed by atoms with Gasteiger partial charge in [-0.05, 0) is 25.3 Å². The lowest BCUT2D eigenvalue weighted by atomic mass is 9.75. The lowest BCUT2D eigenvalue weighted by Gasteiger charge is -2.33. The SMILES string of the molecule is CCC1(C(O)c2ccccc2F)CCCC1. The zero-order valence-electron chi connectivity index (χ0n) is 9.75. The van der Waals surface area contributed by atoms with E-state index in [1.807, 2.05) is 0 Å². The van der Waals surface area contributed by atoms with Crippen LogP contribution in [0.2, 0.25) is 0 Å². The highest BCUT2D eigenvalue weighted by molar-refractivity contribution is 5.22. The molecule has 1 N–H and O–H groups in total. The van der Waals surface area contributed by atoms with Crippen LogP contribution in [0.3, 0.4) is 0 Å². The lowest BCUT2D eigenvalue weighted by Crippen LogP contribution is -2.25. The van der Waals surface area contributed by atoms with E-state index >= 15 is 0 Å². The molecular weight excluding hydrogens is 203 g/mol. The van der Waals surface area contributed by atoms with Gasteiger partial charge in [-0.1, -0.05) is 38.0 Å². The molecule has 1 aromatic carbocycles. The molecule has 1 nitrogen and oxygen atoms in total. The van der Waals surface area contributed by atoms with Gasteiger partial charge in [0.2, 0.25) is 0 Å². The van der Waals surface area contributed by atoms with Crippen molar-refractivity contribution in [2.45, 2.75) is 45.1 Å². The normalized spacial score (nSPS) is 20.9. The van der Waals surface area contributed by atoms with Crippen LogP contribution >= 0.6 is 0 Å². The van der Waals surface area contributed by atoms with E-state index in [-0.39, 0.29) is 11.2 Å². The molecule has 1 aromatic rings. The Hall–Kier alpha value is -0.890. The third-order valence-electron chi connectivity index (χ3n) is 4.08. The molecule has 0 radical (unpaired) electrons. The number of hydrogen-bond acceptors (Lipinski definition) is 1. The Morgan fingerprint density at radius 2 is 1.94 bits per heavy atom. The van der Waals surface area contributed by atoms with Gasteiger partial charge in [0.05, 0.1) is 6.10 Å². The van der Waals surface area contributed by atoms with Crippen LogP contribution in [0.4, 0.5) is 4.39 Å². The van der Waals surface area contributed by atoms with Crippen LogP contribution in [0.5, 0.6) is 0 Å². The second kappa shape index (κ2) is 4.54. The molecule has 0 aliphatic heterocycles. The molecule has 1 aliphatic rings. The molecule has 0 bridgehead atoms. The van der Waals surface area contributed by atoms with Crippen molar-refractivity contribution in [3.8, 4) is 0 Å². The van der Waals surface area contributed by atoms with E-state index in [9.17, 15) is 9.50 Å². The van der Waals surface area contributed by atoms with Crippen LogP contribution in [0, 0.1) is 11.2 Å². The fraction of sp³-hybridized carbons (Fsp3) is 0.571. The minimum Gasteiger partial charge on any atom is -0.388 e. The van der Waals surface area contributed by atoms with Crippen molar-refractivity contribution in [1.82, 2.24) is 0 Å². The highest BCUT2D eigenvalue weighted by Gasteiger charge is 2.40. The maximum atomic E-state index is 13.6. The quantitative estimate of drug-likeness (QED) is 0.824. The number of hydrogen-bond donors (Lipinski definition) is 1. The van der Waals surface area contributed by atoms with Crippen molar-refractivity contribution < 1.29 is 9.50 Å². The number of benzene rings is 1. The highest BCUT2D eigenvalue weighted by Crippen LogP contribution is 2.50. The Kier molecular flexibility index (Phi) is 3.29. The zero-order valence-corrected chi connectivity index (χ0v) is 9.75. The summed E-state index contributed by atoms with van der Waals surface area (Å²) in [5.74, 6) is -0.283. The molecular formula is C14H19FO. The molecule has 88 valence electrons. The molecule has 0 spiro atoms. The summed E-state index contributed by atoms with van der Waals surface area (Å²) in [5.41, 5.74) is 0.369. The first kappa shape index (κ1) is 11.6. The molecule has 0 aromatic heterocycles. The average molecular weight is 222 g/mol. The molecule has 1 fully saturated rings. The highest BCUT2D eigenvalue weighted by atomic mass is 19.1. The monoisotopic (exact) mass is 222 g/mol. The number of aliphatic hydroxyl groups is 1. The standard InChI is InChI=1S/C14H19FO/c1-2-14(9-5-6-10-14)13(16)11-7-3-4-8-12(11)15/h3-4,7-8,13,16H,2,5-6,9-10H2,1H3. The fourth-order valence-electron chi connectivity index (χ4n) is 2.93. The summed E-state index contributed by atoms with van der Waals surface area (Å²) in [6.07, 6.45) is 4.60. The second-order valence-corrected chi connectivity index (χ2v) is 4.85. The van der Waals surface area contributed by atoms with Crippen LogP contribution in [0.1, 0.15) is 50.7 Å². The van der Waals surface area contributed by atoms with Crippen molar-refractivity contribution >= 4 is 0 Å². The fourth-order valence-corrected chi connectivity index (χ4v) is 2.93. The summed E-state index contributed by atoms with van der Waals surface area (Å²) in [6.45, 7) is 2.09. The Bertz CT molecular complexity index is 356. The number of halogens is 1. The van der Waals surface area contributed by atoms with E-state index in [1.54, 1.807) is 18.2 Å². The van der Waals surface area contributed by atoms with Gasteiger partial charge in [0.1, 0.15) is 5.82 Å². The Labute approximate surface area is 96.3 Å². The largest absolute Gasteiger partial charge is 0.388 e. The van der Waals surface area contributed by atoms with Gasteiger partial charge in [-0.3, -0.25) is 0 Å². The summed E-state index contributed by atoms with van der Waals surface area (Å²) in [7, 11) is 0. The number of aliphatic hydroxyl groups excluding tert-OH is 1. The molecule has 2 heteroatoms. The molecule has 1 saturated carbocycles. The molecule has 1 aliphatic carbocycles. The van der Waals surface area contributed by atoms with Crippen LogP contribution in [-0.2, 0) is 0 Å². The predicted octanol–water partition coefficient (Wildman–Crippen LogP) is 3.83. The third kappa shape index (κ3) is 1.86. The van der Waals surface area contributed by atoms with Crippen molar-refractivity contribution in [2.75, 3.05) is 0 Å². The van der Waals surface area contributed by atoms with Gasteiger partial charge in [-0.2, -0.15) is 0 Å².